The molecule has 2 atom stereocenters. The molecule has 3 heterocycles. The van der Waals surface area contributed by atoms with Crippen LogP contribution in [0.4, 0.5) is 0 Å². The Morgan fingerprint density at radius 2 is 2.28 bits per heavy atom. The van der Waals surface area contributed by atoms with Crippen LogP contribution in [0.3, 0.4) is 0 Å². The van der Waals surface area contributed by atoms with Gasteiger partial charge < -0.3 is 14.4 Å². The first-order valence-corrected chi connectivity index (χ1v) is 9.62. The number of rotatable bonds is 6. The maximum atomic E-state index is 12.6. The number of amides is 1. The molecule has 0 radical (unpaired) electrons. The molecule has 2 aliphatic heterocycles. The molecule has 0 aromatic carbocycles. The minimum Gasteiger partial charge on any atom is -0.377 e. The molecule has 4 rings (SSSR count). The van der Waals surface area contributed by atoms with Crippen LogP contribution < -0.4 is 0 Å². The monoisotopic (exact) mass is 344 g/mol. The van der Waals surface area contributed by atoms with Gasteiger partial charge in [0.1, 0.15) is 0 Å². The van der Waals surface area contributed by atoms with Gasteiger partial charge in [0.05, 0.1) is 25.0 Å². The molecule has 5 nitrogen and oxygen atoms in total. The molecule has 5 heteroatoms. The molecule has 25 heavy (non-hydrogen) atoms. The topological polar surface area (TPSA) is 51.7 Å². The zero-order valence-electron chi connectivity index (χ0n) is 14.9. The smallest absolute Gasteiger partial charge is 0.222 e. The summed E-state index contributed by atoms with van der Waals surface area (Å²) in [5.74, 6) is 0.972. The predicted octanol–water partition coefficient (Wildman–Crippen LogP) is 2.80. The second-order valence-electron chi connectivity index (χ2n) is 7.89. The third-order valence-electron chi connectivity index (χ3n) is 5.87. The van der Waals surface area contributed by atoms with E-state index in [9.17, 15) is 4.79 Å². The molecule has 3 fully saturated rings. The third kappa shape index (κ3) is 4.04. The van der Waals surface area contributed by atoms with Crippen LogP contribution in [0.1, 0.15) is 44.2 Å². The van der Waals surface area contributed by atoms with Crippen LogP contribution in [0, 0.1) is 11.3 Å². The average molecular weight is 344 g/mol. The van der Waals surface area contributed by atoms with Crippen molar-refractivity contribution >= 4 is 5.91 Å². The molecule has 1 aromatic heterocycles. The van der Waals surface area contributed by atoms with Crippen molar-refractivity contribution < 1.29 is 14.3 Å². The lowest BCUT2D eigenvalue weighted by atomic mass is 9.73. The normalized spacial score (nSPS) is 29.3. The van der Waals surface area contributed by atoms with Crippen molar-refractivity contribution in [2.75, 3.05) is 26.3 Å². The number of hydrogen-bond acceptors (Lipinski definition) is 4. The van der Waals surface area contributed by atoms with Crippen LogP contribution in [-0.2, 0) is 20.9 Å². The molecule has 0 bridgehead atoms. The van der Waals surface area contributed by atoms with Crippen molar-refractivity contribution in [1.82, 2.24) is 9.88 Å². The molecular weight excluding hydrogens is 316 g/mol. The molecule has 0 N–H and O–H groups in total. The van der Waals surface area contributed by atoms with Crippen molar-refractivity contribution in [3.8, 4) is 0 Å². The fourth-order valence-corrected chi connectivity index (χ4v) is 4.25. The number of nitrogens with zero attached hydrogens (tertiary/aromatic N) is 2. The summed E-state index contributed by atoms with van der Waals surface area (Å²) in [5.41, 5.74) is 0.898. The highest BCUT2D eigenvalue weighted by atomic mass is 16.5. The number of carbonyl (C=O) groups is 1. The molecule has 1 aliphatic carbocycles. The number of aromatic nitrogens is 1. The fraction of sp³-hybridized carbons (Fsp3) is 0.700. The van der Waals surface area contributed by atoms with Gasteiger partial charge in [-0.15, -0.1) is 0 Å². The Labute approximate surface area is 149 Å². The highest BCUT2D eigenvalue weighted by Crippen LogP contribution is 2.41. The number of likely N-dealkylation sites (tertiary alicyclic amines) is 1. The summed E-state index contributed by atoms with van der Waals surface area (Å²) < 4.78 is 12.1. The Hall–Kier alpha value is -1.46. The largest absolute Gasteiger partial charge is 0.377 e. The Kier molecular flexibility index (Phi) is 5.04. The van der Waals surface area contributed by atoms with Gasteiger partial charge in [0.25, 0.3) is 0 Å². The molecule has 1 aromatic rings. The van der Waals surface area contributed by atoms with Gasteiger partial charge in [-0.05, 0) is 50.2 Å². The lowest BCUT2D eigenvalue weighted by Crippen LogP contribution is -2.58. The van der Waals surface area contributed by atoms with Crippen molar-refractivity contribution in [2.24, 2.45) is 11.3 Å². The Bertz CT molecular complexity index is 590. The van der Waals surface area contributed by atoms with E-state index in [2.05, 4.69) is 9.88 Å². The molecule has 3 aliphatic rings. The maximum Gasteiger partial charge on any atom is 0.222 e. The number of pyridine rings is 1. The van der Waals surface area contributed by atoms with Crippen LogP contribution >= 0.6 is 0 Å². The Balaban J connectivity index is 1.39. The standard InChI is InChI=1S/C20H28N2O3/c23-19(12-16-5-6-16)22-10-7-18-20(14-22,8-3-11-25-18)15-24-13-17-4-1-2-9-21-17/h1-2,4,9,16,18H,3,5-8,10-15H2/t18-,20+/m0/s1. The maximum absolute atomic E-state index is 12.6. The predicted molar refractivity (Wildman–Crippen MR) is 93.8 cm³/mol. The molecule has 136 valence electrons. The van der Waals surface area contributed by atoms with Crippen LogP contribution in [0.2, 0.25) is 0 Å². The summed E-state index contributed by atoms with van der Waals surface area (Å²) in [6, 6.07) is 5.88. The summed E-state index contributed by atoms with van der Waals surface area (Å²) in [7, 11) is 0. The van der Waals surface area contributed by atoms with Gasteiger partial charge in [0, 0.05) is 37.7 Å². The van der Waals surface area contributed by atoms with E-state index in [0.717, 1.165) is 51.1 Å². The van der Waals surface area contributed by atoms with E-state index in [1.165, 1.54) is 12.8 Å². The van der Waals surface area contributed by atoms with Gasteiger partial charge in [-0.2, -0.15) is 0 Å². The van der Waals surface area contributed by atoms with E-state index >= 15 is 0 Å². The van der Waals surface area contributed by atoms with E-state index in [0.29, 0.717) is 25.0 Å². The van der Waals surface area contributed by atoms with E-state index in [-0.39, 0.29) is 11.5 Å². The summed E-state index contributed by atoms with van der Waals surface area (Å²) in [6.07, 6.45) is 8.26. The van der Waals surface area contributed by atoms with Crippen molar-refractivity contribution in [3.63, 3.8) is 0 Å². The average Bonchev–Trinajstić information content (AvgIpc) is 3.46. The van der Waals surface area contributed by atoms with Crippen molar-refractivity contribution in [1.29, 1.82) is 0 Å². The summed E-state index contributed by atoms with van der Waals surface area (Å²) in [5, 5.41) is 0. The fourth-order valence-electron chi connectivity index (χ4n) is 4.25. The minimum atomic E-state index is -0.0511. The summed E-state index contributed by atoms with van der Waals surface area (Å²) in [4.78, 5) is 19.0. The molecule has 0 unspecified atom stereocenters. The number of fused-ring (bicyclic) bond motifs is 1. The van der Waals surface area contributed by atoms with Crippen molar-refractivity contribution in [3.05, 3.63) is 30.1 Å². The SMILES string of the molecule is O=C(CC1CC1)N1CC[C@@H]2OCCC[C@]2(COCc2ccccn2)C1. The van der Waals surface area contributed by atoms with Gasteiger partial charge in [-0.1, -0.05) is 6.07 Å². The molecule has 0 spiro atoms. The first-order valence-electron chi connectivity index (χ1n) is 9.62. The van der Waals surface area contributed by atoms with Gasteiger partial charge >= 0.3 is 0 Å². The van der Waals surface area contributed by atoms with Gasteiger partial charge in [-0.25, -0.2) is 0 Å². The highest BCUT2D eigenvalue weighted by Gasteiger charge is 2.47. The molecule has 1 saturated carbocycles. The van der Waals surface area contributed by atoms with Gasteiger partial charge in [0.2, 0.25) is 5.91 Å². The highest BCUT2D eigenvalue weighted by molar-refractivity contribution is 5.77. The molecular formula is C20H28N2O3. The quantitative estimate of drug-likeness (QED) is 0.796. The van der Waals surface area contributed by atoms with Gasteiger partial charge in [-0.3, -0.25) is 9.78 Å². The Morgan fingerprint density at radius 3 is 3.08 bits per heavy atom. The second kappa shape index (κ2) is 7.42. The molecule has 1 amide bonds. The van der Waals surface area contributed by atoms with E-state index < -0.39 is 0 Å². The number of carbonyl (C=O) groups excluding carboxylic acids is 1. The third-order valence-corrected chi connectivity index (χ3v) is 5.87. The van der Waals surface area contributed by atoms with E-state index in [1.54, 1.807) is 6.20 Å². The van der Waals surface area contributed by atoms with E-state index in [4.69, 9.17) is 9.47 Å². The lowest BCUT2D eigenvalue weighted by Gasteiger charge is -2.50. The van der Waals surface area contributed by atoms with Crippen LogP contribution in [0.15, 0.2) is 24.4 Å². The van der Waals surface area contributed by atoms with Crippen LogP contribution in [0.25, 0.3) is 0 Å². The molecule has 2 saturated heterocycles. The van der Waals surface area contributed by atoms with E-state index in [1.807, 2.05) is 18.2 Å². The lowest BCUT2D eigenvalue weighted by molar-refractivity contribution is -0.166. The minimum absolute atomic E-state index is 0.0511. The number of piperidine rings is 1. The van der Waals surface area contributed by atoms with Crippen molar-refractivity contribution in [2.45, 2.75) is 51.2 Å². The van der Waals surface area contributed by atoms with Gasteiger partial charge in [0.15, 0.2) is 0 Å². The second-order valence-corrected chi connectivity index (χ2v) is 7.89. The first-order chi connectivity index (χ1) is 12.3. The van der Waals surface area contributed by atoms with Crippen LogP contribution in [0.5, 0.6) is 0 Å². The summed E-state index contributed by atoms with van der Waals surface area (Å²) in [6.45, 7) is 3.61. The first kappa shape index (κ1) is 17.0. The Morgan fingerprint density at radius 1 is 1.36 bits per heavy atom. The zero-order valence-corrected chi connectivity index (χ0v) is 14.9. The zero-order chi connectivity index (χ0) is 17.1. The van der Waals surface area contributed by atoms with Crippen LogP contribution in [-0.4, -0.2) is 48.2 Å². The summed E-state index contributed by atoms with van der Waals surface area (Å²) >= 11 is 0. The number of hydrogen-bond donors (Lipinski definition) is 0. The number of ether oxygens (including phenoxy) is 2.